The van der Waals surface area contributed by atoms with Crippen molar-refractivity contribution in [1.29, 1.82) is 0 Å². The maximum atomic E-state index is 12.2. The molecule has 7 heteroatoms. The van der Waals surface area contributed by atoms with Crippen molar-refractivity contribution < 1.29 is 9.72 Å². The number of hydrogen-bond acceptors (Lipinski definition) is 4. The van der Waals surface area contributed by atoms with Crippen LogP contribution in [-0.2, 0) is 7.05 Å². The van der Waals surface area contributed by atoms with Crippen molar-refractivity contribution in [2.24, 2.45) is 7.05 Å². The summed E-state index contributed by atoms with van der Waals surface area (Å²) in [6.07, 6.45) is 0. The van der Waals surface area contributed by atoms with Gasteiger partial charge in [0, 0.05) is 24.2 Å². The van der Waals surface area contributed by atoms with Gasteiger partial charge in [-0.1, -0.05) is 0 Å². The first-order valence-electron chi connectivity index (χ1n) is 6.38. The zero-order valence-corrected chi connectivity index (χ0v) is 12.3. The van der Waals surface area contributed by atoms with E-state index in [0.717, 1.165) is 11.4 Å². The first-order chi connectivity index (χ1) is 9.81. The molecule has 2 aromatic rings. The summed E-state index contributed by atoms with van der Waals surface area (Å²) in [6, 6.07) is 4.29. The lowest BCUT2D eigenvalue weighted by atomic mass is 10.1. The number of benzene rings is 1. The molecule has 7 nitrogen and oxygen atoms in total. The molecule has 0 bridgehead atoms. The van der Waals surface area contributed by atoms with Gasteiger partial charge in [0.15, 0.2) is 0 Å². The van der Waals surface area contributed by atoms with E-state index < -0.39 is 4.92 Å². The molecular weight excluding hydrogens is 272 g/mol. The summed E-state index contributed by atoms with van der Waals surface area (Å²) in [6.45, 7) is 5.27. The van der Waals surface area contributed by atoms with Crippen LogP contribution in [0.5, 0.6) is 0 Å². The number of carbonyl (C=O) groups is 1. The van der Waals surface area contributed by atoms with Crippen LogP contribution in [0.2, 0.25) is 0 Å². The molecule has 0 spiro atoms. The summed E-state index contributed by atoms with van der Waals surface area (Å²) < 4.78 is 1.69. The second kappa shape index (κ2) is 5.35. The fourth-order valence-electron chi connectivity index (χ4n) is 2.14. The Morgan fingerprint density at radius 1 is 1.33 bits per heavy atom. The molecule has 2 rings (SSSR count). The predicted octanol–water partition coefficient (Wildman–Crippen LogP) is 2.51. The van der Waals surface area contributed by atoms with Crippen LogP contribution in [0.1, 0.15) is 27.3 Å². The van der Waals surface area contributed by atoms with E-state index in [1.165, 1.54) is 18.2 Å². The lowest BCUT2D eigenvalue weighted by Crippen LogP contribution is -2.13. The summed E-state index contributed by atoms with van der Waals surface area (Å²) >= 11 is 0. The SMILES string of the molecule is Cc1cc(C(=O)Nc2c(C)nn(C)c2C)ccc1[N+](=O)[O-]. The number of nitrogens with zero attached hydrogens (tertiary/aromatic N) is 3. The highest BCUT2D eigenvalue weighted by Gasteiger charge is 2.16. The fourth-order valence-corrected chi connectivity index (χ4v) is 2.14. The second-order valence-corrected chi connectivity index (χ2v) is 4.88. The summed E-state index contributed by atoms with van der Waals surface area (Å²) in [5.74, 6) is -0.313. The average molecular weight is 288 g/mol. The Balaban J connectivity index is 2.29. The molecule has 110 valence electrons. The van der Waals surface area contributed by atoms with Crippen molar-refractivity contribution in [2.75, 3.05) is 5.32 Å². The average Bonchev–Trinajstić information content (AvgIpc) is 2.64. The van der Waals surface area contributed by atoms with Crippen molar-refractivity contribution in [3.05, 3.63) is 50.8 Å². The van der Waals surface area contributed by atoms with E-state index in [-0.39, 0.29) is 11.6 Å². The van der Waals surface area contributed by atoms with Crippen molar-refractivity contribution in [1.82, 2.24) is 9.78 Å². The van der Waals surface area contributed by atoms with Crippen LogP contribution in [0.4, 0.5) is 11.4 Å². The lowest BCUT2D eigenvalue weighted by Gasteiger charge is -2.06. The third-order valence-electron chi connectivity index (χ3n) is 3.40. The number of nitro groups is 1. The Kier molecular flexibility index (Phi) is 3.75. The van der Waals surface area contributed by atoms with Crippen molar-refractivity contribution in [2.45, 2.75) is 20.8 Å². The minimum absolute atomic E-state index is 0.000267. The van der Waals surface area contributed by atoms with Crippen LogP contribution in [0.25, 0.3) is 0 Å². The quantitative estimate of drug-likeness (QED) is 0.694. The number of hydrogen-bond donors (Lipinski definition) is 1. The van der Waals surface area contributed by atoms with Crippen LogP contribution < -0.4 is 5.32 Å². The van der Waals surface area contributed by atoms with Crippen LogP contribution in [-0.4, -0.2) is 20.6 Å². The zero-order chi connectivity index (χ0) is 15.7. The van der Waals surface area contributed by atoms with Gasteiger partial charge < -0.3 is 5.32 Å². The van der Waals surface area contributed by atoms with Crippen molar-refractivity contribution in [3.8, 4) is 0 Å². The number of nitro benzene ring substituents is 1. The number of aryl methyl sites for hydroxylation is 3. The third-order valence-corrected chi connectivity index (χ3v) is 3.40. The normalized spacial score (nSPS) is 10.5. The number of rotatable bonds is 3. The Morgan fingerprint density at radius 2 is 2.00 bits per heavy atom. The molecule has 0 aliphatic heterocycles. The van der Waals surface area contributed by atoms with E-state index in [2.05, 4.69) is 10.4 Å². The fraction of sp³-hybridized carbons (Fsp3) is 0.286. The van der Waals surface area contributed by atoms with Gasteiger partial charge in [0.05, 0.1) is 22.0 Å². The van der Waals surface area contributed by atoms with Gasteiger partial charge in [0.25, 0.3) is 11.6 Å². The Hall–Kier alpha value is -2.70. The van der Waals surface area contributed by atoms with E-state index in [4.69, 9.17) is 0 Å². The Morgan fingerprint density at radius 3 is 2.48 bits per heavy atom. The van der Waals surface area contributed by atoms with Crippen LogP contribution >= 0.6 is 0 Å². The number of anilines is 1. The summed E-state index contributed by atoms with van der Waals surface area (Å²) in [4.78, 5) is 22.6. The molecule has 1 N–H and O–H groups in total. The van der Waals surface area contributed by atoms with Gasteiger partial charge in [-0.25, -0.2) is 0 Å². The van der Waals surface area contributed by atoms with Crippen molar-refractivity contribution in [3.63, 3.8) is 0 Å². The van der Waals surface area contributed by atoms with E-state index >= 15 is 0 Å². The third kappa shape index (κ3) is 2.76. The highest BCUT2D eigenvalue weighted by Crippen LogP contribution is 2.22. The first kappa shape index (κ1) is 14.7. The summed E-state index contributed by atoms with van der Waals surface area (Å²) in [7, 11) is 1.80. The van der Waals surface area contributed by atoms with E-state index in [1.807, 2.05) is 13.8 Å². The van der Waals surface area contributed by atoms with Gasteiger partial charge in [0.1, 0.15) is 0 Å². The second-order valence-electron chi connectivity index (χ2n) is 4.88. The molecule has 1 amide bonds. The molecule has 0 aliphatic rings. The molecule has 1 aromatic heterocycles. The van der Waals surface area contributed by atoms with Crippen LogP contribution in [0.15, 0.2) is 18.2 Å². The molecule has 1 heterocycles. The van der Waals surface area contributed by atoms with Crippen LogP contribution in [0, 0.1) is 30.9 Å². The maximum absolute atomic E-state index is 12.2. The minimum Gasteiger partial charge on any atom is -0.319 e. The topological polar surface area (TPSA) is 90.1 Å². The van der Waals surface area contributed by atoms with Gasteiger partial charge in [-0.2, -0.15) is 5.10 Å². The highest BCUT2D eigenvalue weighted by molar-refractivity contribution is 6.05. The summed E-state index contributed by atoms with van der Waals surface area (Å²) in [5.41, 5.74) is 3.06. The largest absolute Gasteiger partial charge is 0.319 e. The molecule has 0 fully saturated rings. The summed E-state index contributed by atoms with van der Waals surface area (Å²) in [5, 5.41) is 17.8. The van der Waals surface area contributed by atoms with E-state index in [0.29, 0.717) is 16.8 Å². The number of carbonyl (C=O) groups excluding carboxylic acids is 1. The van der Waals surface area contributed by atoms with Gasteiger partial charge in [-0.15, -0.1) is 0 Å². The van der Waals surface area contributed by atoms with Gasteiger partial charge in [-0.3, -0.25) is 19.6 Å². The van der Waals surface area contributed by atoms with E-state index in [9.17, 15) is 14.9 Å². The first-order valence-corrected chi connectivity index (χ1v) is 6.38. The molecular formula is C14H16N4O3. The maximum Gasteiger partial charge on any atom is 0.272 e. The van der Waals surface area contributed by atoms with Gasteiger partial charge >= 0.3 is 0 Å². The molecule has 0 saturated carbocycles. The molecule has 21 heavy (non-hydrogen) atoms. The van der Waals surface area contributed by atoms with E-state index in [1.54, 1.807) is 18.7 Å². The molecule has 1 aromatic carbocycles. The molecule has 0 atom stereocenters. The lowest BCUT2D eigenvalue weighted by molar-refractivity contribution is -0.385. The molecule has 0 saturated heterocycles. The zero-order valence-electron chi connectivity index (χ0n) is 12.3. The standard InChI is InChI=1S/C14H16N4O3/c1-8-7-11(5-6-12(8)18(20)21)14(19)15-13-9(2)16-17(4)10(13)3/h5-7H,1-4H3,(H,15,19). The number of amides is 1. The van der Waals surface area contributed by atoms with Crippen molar-refractivity contribution >= 4 is 17.3 Å². The van der Waals surface area contributed by atoms with Gasteiger partial charge in [0.2, 0.25) is 0 Å². The van der Waals surface area contributed by atoms with Crippen LogP contribution in [0.3, 0.4) is 0 Å². The monoisotopic (exact) mass is 288 g/mol. The minimum atomic E-state index is -0.466. The number of nitrogens with one attached hydrogen (secondary N) is 1. The molecule has 0 radical (unpaired) electrons. The highest BCUT2D eigenvalue weighted by atomic mass is 16.6. The Bertz CT molecular complexity index is 734. The predicted molar refractivity (Wildman–Crippen MR) is 78.5 cm³/mol. The molecule has 0 unspecified atom stereocenters. The number of aromatic nitrogens is 2. The molecule has 0 aliphatic carbocycles. The van der Waals surface area contributed by atoms with Gasteiger partial charge in [-0.05, 0) is 32.9 Å². The smallest absolute Gasteiger partial charge is 0.272 e. The Labute approximate surface area is 121 Å².